The van der Waals surface area contributed by atoms with Gasteiger partial charge in [-0.15, -0.1) is 0 Å². The van der Waals surface area contributed by atoms with Crippen molar-refractivity contribution < 1.29 is 4.79 Å². The summed E-state index contributed by atoms with van der Waals surface area (Å²) in [6, 6.07) is 7.75. The summed E-state index contributed by atoms with van der Waals surface area (Å²) in [5.74, 6) is -0.0323. The van der Waals surface area contributed by atoms with E-state index in [4.69, 9.17) is 17.3 Å². The van der Waals surface area contributed by atoms with Crippen LogP contribution in [0.4, 0.5) is 0 Å². The van der Waals surface area contributed by atoms with Crippen molar-refractivity contribution in [1.82, 2.24) is 5.32 Å². The first kappa shape index (κ1) is 15.3. The van der Waals surface area contributed by atoms with E-state index in [1.807, 2.05) is 24.3 Å². The minimum atomic E-state index is -0.670. The Morgan fingerprint density at radius 2 is 1.95 bits per heavy atom. The van der Waals surface area contributed by atoms with Gasteiger partial charge in [0, 0.05) is 17.0 Å². The number of benzene rings is 1. The van der Waals surface area contributed by atoms with Crippen molar-refractivity contribution in [2.75, 3.05) is 6.54 Å². The first-order valence-electron chi connectivity index (χ1n) is 7.17. The molecule has 0 bridgehead atoms. The average molecular weight is 295 g/mol. The van der Waals surface area contributed by atoms with Crippen LogP contribution in [0.5, 0.6) is 0 Å². The van der Waals surface area contributed by atoms with Crippen LogP contribution in [-0.4, -0.2) is 18.0 Å². The van der Waals surface area contributed by atoms with Gasteiger partial charge in [0.25, 0.3) is 0 Å². The number of halogens is 1. The van der Waals surface area contributed by atoms with E-state index in [9.17, 15) is 4.79 Å². The van der Waals surface area contributed by atoms with Crippen LogP contribution in [0.25, 0.3) is 0 Å². The number of nitrogens with one attached hydrogen (secondary N) is 1. The molecule has 0 saturated heterocycles. The Kier molecular flexibility index (Phi) is 4.40. The molecule has 3 N–H and O–H groups in total. The van der Waals surface area contributed by atoms with Crippen LogP contribution in [-0.2, 0) is 10.2 Å². The van der Waals surface area contributed by atoms with Gasteiger partial charge in [0.15, 0.2) is 0 Å². The van der Waals surface area contributed by atoms with E-state index in [2.05, 4.69) is 19.2 Å². The Balaban J connectivity index is 2.02. The van der Waals surface area contributed by atoms with Gasteiger partial charge in [-0.25, -0.2) is 0 Å². The average Bonchev–Trinajstić information content (AvgIpc) is 2.84. The highest BCUT2D eigenvalue weighted by Crippen LogP contribution is 2.30. The molecule has 1 saturated carbocycles. The summed E-state index contributed by atoms with van der Waals surface area (Å²) in [6.45, 7) is 4.69. The predicted octanol–water partition coefficient (Wildman–Crippen LogP) is 3.01. The molecule has 0 aliphatic heterocycles. The summed E-state index contributed by atoms with van der Waals surface area (Å²) in [4.78, 5) is 12.3. The van der Waals surface area contributed by atoms with E-state index in [-0.39, 0.29) is 11.3 Å². The summed E-state index contributed by atoms with van der Waals surface area (Å²) < 4.78 is 0. The largest absolute Gasteiger partial charge is 0.354 e. The summed E-state index contributed by atoms with van der Waals surface area (Å²) in [5, 5.41) is 3.74. The lowest BCUT2D eigenvalue weighted by molar-refractivity contribution is -0.126. The molecule has 1 aliphatic rings. The number of carbonyl (C=O) groups excluding carboxylic acids is 1. The maximum Gasteiger partial charge on any atom is 0.240 e. The molecule has 0 spiro atoms. The van der Waals surface area contributed by atoms with Crippen LogP contribution >= 0.6 is 11.6 Å². The van der Waals surface area contributed by atoms with Crippen LogP contribution in [0.3, 0.4) is 0 Å². The topological polar surface area (TPSA) is 55.1 Å². The fraction of sp³-hybridized carbons (Fsp3) is 0.562. The number of hydrogen-bond acceptors (Lipinski definition) is 2. The van der Waals surface area contributed by atoms with E-state index >= 15 is 0 Å². The zero-order chi connectivity index (χ0) is 14.8. The fourth-order valence-corrected chi connectivity index (χ4v) is 3.21. The van der Waals surface area contributed by atoms with Crippen LogP contribution < -0.4 is 11.1 Å². The SMILES string of the molecule is CC(C)(CNC(=O)C1(N)CCCC1)c1ccccc1Cl. The molecule has 1 aliphatic carbocycles. The monoisotopic (exact) mass is 294 g/mol. The number of nitrogens with two attached hydrogens (primary N) is 1. The van der Waals surface area contributed by atoms with Gasteiger partial charge in [-0.05, 0) is 24.5 Å². The maximum absolute atomic E-state index is 12.3. The van der Waals surface area contributed by atoms with E-state index in [1.165, 1.54) is 0 Å². The molecule has 1 fully saturated rings. The van der Waals surface area contributed by atoms with E-state index in [1.54, 1.807) is 0 Å². The molecule has 0 unspecified atom stereocenters. The lowest BCUT2D eigenvalue weighted by atomic mass is 9.84. The van der Waals surface area contributed by atoms with Crippen LogP contribution in [0.2, 0.25) is 5.02 Å². The van der Waals surface area contributed by atoms with Gasteiger partial charge in [0.05, 0.1) is 5.54 Å². The molecule has 4 heteroatoms. The summed E-state index contributed by atoms with van der Waals surface area (Å²) in [6.07, 6.45) is 3.65. The first-order chi connectivity index (χ1) is 9.35. The molecule has 1 aromatic carbocycles. The minimum Gasteiger partial charge on any atom is -0.354 e. The predicted molar refractivity (Wildman–Crippen MR) is 82.9 cm³/mol. The van der Waals surface area contributed by atoms with Gasteiger partial charge < -0.3 is 11.1 Å². The maximum atomic E-state index is 12.3. The van der Waals surface area contributed by atoms with Gasteiger partial charge in [-0.3, -0.25) is 4.79 Å². The normalized spacial score (nSPS) is 18.0. The number of amides is 1. The van der Waals surface area contributed by atoms with Gasteiger partial charge in [-0.2, -0.15) is 0 Å². The Morgan fingerprint density at radius 3 is 2.55 bits per heavy atom. The Labute approximate surface area is 125 Å². The number of carbonyl (C=O) groups is 1. The number of hydrogen-bond donors (Lipinski definition) is 2. The van der Waals surface area contributed by atoms with Gasteiger partial charge in [-0.1, -0.05) is 56.5 Å². The quantitative estimate of drug-likeness (QED) is 0.897. The highest BCUT2D eigenvalue weighted by molar-refractivity contribution is 6.31. The van der Waals surface area contributed by atoms with Crippen LogP contribution in [0, 0.1) is 0 Å². The zero-order valence-corrected chi connectivity index (χ0v) is 13.0. The first-order valence-corrected chi connectivity index (χ1v) is 7.55. The highest BCUT2D eigenvalue weighted by Gasteiger charge is 2.37. The highest BCUT2D eigenvalue weighted by atomic mass is 35.5. The van der Waals surface area contributed by atoms with Crippen molar-refractivity contribution in [2.45, 2.75) is 50.5 Å². The molecule has 0 heterocycles. The van der Waals surface area contributed by atoms with Gasteiger partial charge in [0.1, 0.15) is 0 Å². The van der Waals surface area contributed by atoms with Crippen molar-refractivity contribution in [3.8, 4) is 0 Å². The molecule has 1 amide bonds. The fourth-order valence-electron chi connectivity index (χ4n) is 2.82. The lowest BCUT2D eigenvalue weighted by Crippen LogP contribution is -2.53. The molecular formula is C16H23ClN2O. The molecule has 0 aromatic heterocycles. The second-order valence-corrected chi connectivity index (χ2v) is 6.82. The third kappa shape index (κ3) is 3.15. The lowest BCUT2D eigenvalue weighted by Gasteiger charge is -2.29. The van der Waals surface area contributed by atoms with Crippen molar-refractivity contribution in [1.29, 1.82) is 0 Å². The second kappa shape index (κ2) is 5.74. The minimum absolute atomic E-state index is 0.0323. The van der Waals surface area contributed by atoms with Crippen molar-refractivity contribution in [3.63, 3.8) is 0 Å². The zero-order valence-electron chi connectivity index (χ0n) is 12.2. The summed E-state index contributed by atoms with van der Waals surface area (Å²) in [5.41, 5.74) is 6.31. The molecule has 2 rings (SSSR count). The molecule has 0 atom stereocenters. The Hall–Kier alpha value is -1.06. The van der Waals surface area contributed by atoms with Gasteiger partial charge >= 0.3 is 0 Å². The summed E-state index contributed by atoms with van der Waals surface area (Å²) >= 11 is 6.24. The van der Waals surface area contributed by atoms with E-state index in [0.29, 0.717) is 6.54 Å². The third-order valence-electron chi connectivity index (χ3n) is 4.24. The van der Waals surface area contributed by atoms with E-state index in [0.717, 1.165) is 36.3 Å². The van der Waals surface area contributed by atoms with Crippen LogP contribution in [0.1, 0.15) is 45.1 Å². The molecule has 3 nitrogen and oxygen atoms in total. The smallest absolute Gasteiger partial charge is 0.240 e. The van der Waals surface area contributed by atoms with Crippen molar-refractivity contribution in [3.05, 3.63) is 34.9 Å². The third-order valence-corrected chi connectivity index (χ3v) is 4.57. The van der Waals surface area contributed by atoms with Gasteiger partial charge in [0.2, 0.25) is 5.91 Å². The van der Waals surface area contributed by atoms with Crippen LogP contribution in [0.15, 0.2) is 24.3 Å². The Bertz CT molecular complexity index is 493. The molecule has 1 aromatic rings. The van der Waals surface area contributed by atoms with Crippen molar-refractivity contribution >= 4 is 17.5 Å². The molecule has 110 valence electrons. The standard InChI is InChI=1S/C16H23ClN2O/c1-15(2,12-7-3-4-8-13(12)17)11-19-14(20)16(18)9-5-6-10-16/h3-4,7-8H,5-6,9-11,18H2,1-2H3,(H,19,20). The second-order valence-electron chi connectivity index (χ2n) is 6.41. The summed E-state index contributed by atoms with van der Waals surface area (Å²) in [7, 11) is 0. The molecule has 20 heavy (non-hydrogen) atoms. The van der Waals surface area contributed by atoms with Crippen molar-refractivity contribution in [2.24, 2.45) is 5.73 Å². The molecular weight excluding hydrogens is 272 g/mol. The Morgan fingerprint density at radius 1 is 1.35 bits per heavy atom. The number of rotatable bonds is 4. The molecule has 0 radical (unpaired) electrons. The van der Waals surface area contributed by atoms with E-state index < -0.39 is 5.54 Å².